The van der Waals surface area contributed by atoms with Gasteiger partial charge in [0.15, 0.2) is 0 Å². The van der Waals surface area contributed by atoms with Crippen LogP contribution >= 0.6 is 11.3 Å². The number of amides is 1. The van der Waals surface area contributed by atoms with Crippen molar-refractivity contribution in [2.45, 2.75) is 32.7 Å². The van der Waals surface area contributed by atoms with E-state index in [4.69, 9.17) is 11.0 Å². The van der Waals surface area contributed by atoms with Gasteiger partial charge in [-0.25, -0.2) is 9.37 Å². The average molecular weight is 384 g/mol. The van der Waals surface area contributed by atoms with Crippen molar-refractivity contribution in [3.05, 3.63) is 62.3 Å². The number of primary amides is 1. The molecule has 0 fully saturated rings. The van der Waals surface area contributed by atoms with Crippen molar-refractivity contribution in [3.8, 4) is 6.07 Å². The molecule has 0 spiro atoms. The first kappa shape index (κ1) is 18.7. The third kappa shape index (κ3) is 3.59. The summed E-state index contributed by atoms with van der Waals surface area (Å²) < 4.78 is 15.6. The number of hydrogen-bond acceptors (Lipinski definition) is 5. The minimum Gasteiger partial charge on any atom is -0.365 e. The first-order chi connectivity index (χ1) is 12.9. The zero-order valence-electron chi connectivity index (χ0n) is 14.7. The molecule has 0 unspecified atom stereocenters. The van der Waals surface area contributed by atoms with Crippen molar-refractivity contribution in [2.24, 2.45) is 5.73 Å². The normalized spacial score (nSPS) is 10.9. The van der Waals surface area contributed by atoms with Crippen LogP contribution in [0.2, 0.25) is 0 Å². The zero-order chi connectivity index (χ0) is 19.6. The van der Waals surface area contributed by atoms with E-state index >= 15 is 0 Å². The Morgan fingerprint density at radius 2 is 2.15 bits per heavy atom. The van der Waals surface area contributed by atoms with Crippen LogP contribution in [0.3, 0.4) is 0 Å². The smallest absolute Gasteiger partial charge is 0.262 e. The van der Waals surface area contributed by atoms with Crippen LogP contribution in [0.4, 0.5) is 4.39 Å². The molecule has 0 aliphatic rings. The number of aryl methyl sites for hydroxylation is 1. The van der Waals surface area contributed by atoms with E-state index in [0.29, 0.717) is 51.4 Å². The van der Waals surface area contributed by atoms with Gasteiger partial charge >= 0.3 is 0 Å². The van der Waals surface area contributed by atoms with Crippen LogP contribution in [0.5, 0.6) is 0 Å². The van der Waals surface area contributed by atoms with Gasteiger partial charge in [0.25, 0.3) is 11.5 Å². The minimum atomic E-state index is -0.610. The van der Waals surface area contributed by atoms with Crippen LogP contribution in [0.1, 0.15) is 39.5 Å². The van der Waals surface area contributed by atoms with Gasteiger partial charge < -0.3 is 5.73 Å². The summed E-state index contributed by atoms with van der Waals surface area (Å²) in [6.45, 7) is 1.96. The van der Waals surface area contributed by atoms with Gasteiger partial charge in [0.05, 0.1) is 16.3 Å². The number of aromatic nitrogens is 2. The number of nitrogens with zero attached hydrogens (tertiary/aromatic N) is 3. The fraction of sp³-hybridized carbons (Fsp3) is 0.263. The minimum absolute atomic E-state index is 0.132. The number of nitriles is 1. The Hall–Kier alpha value is -3.05. The van der Waals surface area contributed by atoms with Crippen molar-refractivity contribution in [2.75, 3.05) is 0 Å². The van der Waals surface area contributed by atoms with Crippen LogP contribution in [-0.4, -0.2) is 15.5 Å². The highest BCUT2D eigenvalue weighted by Crippen LogP contribution is 2.27. The molecule has 3 rings (SSSR count). The highest BCUT2D eigenvalue weighted by atomic mass is 32.1. The number of unbranched alkanes of at least 4 members (excludes halogenated alkanes) is 1. The summed E-state index contributed by atoms with van der Waals surface area (Å²) >= 11 is 1.07. The average Bonchev–Trinajstić information content (AvgIpc) is 2.96. The fourth-order valence-electron chi connectivity index (χ4n) is 2.99. The molecule has 0 saturated heterocycles. The van der Waals surface area contributed by atoms with E-state index in [0.717, 1.165) is 11.3 Å². The molecule has 6 nitrogen and oxygen atoms in total. The molecule has 2 N–H and O–H groups in total. The topological polar surface area (TPSA) is 102 Å². The summed E-state index contributed by atoms with van der Waals surface area (Å²) in [5.41, 5.74) is 6.02. The highest BCUT2D eigenvalue weighted by molar-refractivity contribution is 7.20. The Balaban J connectivity index is 2.19. The lowest BCUT2D eigenvalue weighted by Crippen LogP contribution is -2.26. The van der Waals surface area contributed by atoms with Gasteiger partial charge in [-0.15, -0.1) is 11.3 Å². The SMILES string of the molecule is Cc1c(C(N)=O)sc2nc(Cc3ccccc3F)n(CCCC#N)c(=O)c12. The summed E-state index contributed by atoms with van der Waals surface area (Å²) in [5, 5.41) is 9.13. The van der Waals surface area contributed by atoms with Gasteiger partial charge in [0.1, 0.15) is 16.5 Å². The second-order valence-electron chi connectivity index (χ2n) is 6.12. The molecule has 8 heteroatoms. The first-order valence-electron chi connectivity index (χ1n) is 8.37. The molecular weight excluding hydrogens is 367 g/mol. The number of thiophene rings is 1. The van der Waals surface area contributed by atoms with Crippen molar-refractivity contribution in [3.63, 3.8) is 0 Å². The molecular formula is C19H17FN4O2S. The van der Waals surface area contributed by atoms with Crippen LogP contribution in [0.25, 0.3) is 10.2 Å². The molecule has 2 aromatic heterocycles. The predicted octanol–water partition coefficient (Wildman–Crippen LogP) is 2.90. The number of rotatable bonds is 6. The van der Waals surface area contributed by atoms with E-state index in [2.05, 4.69) is 4.98 Å². The summed E-state index contributed by atoms with van der Waals surface area (Å²) in [5.74, 6) is -0.593. The Kier molecular flexibility index (Phi) is 5.33. The molecule has 1 aromatic carbocycles. The molecule has 138 valence electrons. The van der Waals surface area contributed by atoms with E-state index in [-0.39, 0.29) is 17.8 Å². The summed E-state index contributed by atoms with van der Waals surface area (Å²) in [6, 6.07) is 8.35. The Labute approximate surface area is 158 Å². The largest absolute Gasteiger partial charge is 0.365 e. The molecule has 0 radical (unpaired) electrons. The lowest BCUT2D eigenvalue weighted by Gasteiger charge is -2.12. The van der Waals surface area contributed by atoms with Gasteiger partial charge in [0, 0.05) is 19.4 Å². The Morgan fingerprint density at radius 3 is 2.81 bits per heavy atom. The first-order valence-corrected chi connectivity index (χ1v) is 9.18. The van der Waals surface area contributed by atoms with E-state index in [1.54, 1.807) is 25.1 Å². The third-order valence-electron chi connectivity index (χ3n) is 4.33. The quantitative estimate of drug-likeness (QED) is 0.660. The van der Waals surface area contributed by atoms with Crippen LogP contribution in [-0.2, 0) is 13.0 Å². The number of carbonyl (C=O) groups excluding carboxylic acids is 1. The Morgan fingerprint density at radius 1 is 1.41 bits per heavy atom. The third-order valence-corrected chi connectivity index (χ3v) is 5.53. The van der Waals surface area contributed by atoms with Crippen molar-refractivity contribution in [1.82, 2.24) is 9.55 Å². The zero-order valence-corrected chi connectivity index (χ0v) is 15.5. The second kappa shape index (κ2) is 7.68. The molecule has 0 atom stereocenters. The van der Waals surface area contributed by atoms with Gasteiger partial charge in [-0.2, -0.15) is 5.26 Å². The number of hydrogen-bond donors (Lipinski definition) is 1. The number of benzene rings is 1. The van der Waals surface area contributed by atoms with Gasteiger partial charge in [-0.05, 0) is 30.5 Å². The van der Waals surface area contributed by atoms with Gasteiger partial charge in [0.2, 0.25) is 0 Å². The van der Waals surface area contributed by atoms with E-state index in [1.165, 1.54) is 10.6 Å². The maximum absolute atomic E-state index is 14.1. The number of halogens is 1. The van der Waals surface area contributed by atoms with Crippen molar-refractivity contribution >= 4 is 27.5 Å². The summed E-state index contributed by atoms with van der Waals surface area (Å²) in [6.07, 6.45) is 0.895. The molecule has 0 aliphatic carbocycles. The van der Waals surface area contributed by atoms with Gasteiger partial charge in [-0.3, -0.25) is 14.2 Å². The predicted molar refractivity (Wildman–Crippen MR) is 101 cm³/mol. The van der Waals surface area contributed by atoms with E-state index < -0.39 is 5.91 Å². The lowest BCUT2D eigenvalue weighted by molar-refractivity contribution is 0.100. The molecule has 0 saturated carbocycles. The highest BCUT2D eigenvalue weighted by Gasteiger charge is 2.20. The fourth-order valence-corrected chi connectivity index (χ4v) is 4.03. The summed E-state index contributed by atoms with van der Waals surface area (Å²) in [7, 11) is 0. The molecule has 0 bridgehead atoms. The van der Waals surface area contributed by atoms with Crippen LogP contribution in [0, 0.1) is 24.1 Å². The maximum atomic E-state index is 14.1. The van der Waals surface area contributed by atoms with E-state index in [9.17, 15) is 14.0 Å². The molecule has 27 heavy (non-hydrogen) atoms. The number of fused-ring (bicyclic) bond motifs is 1. The molecule has 1 amide bonds. The monoisotopic (exact) mass is 384 g/mol. The van der Waals surface area contributed by atoms with Crippen molar-refractivity contribution in [1.29, 1.82) is 5.26 Å². The lowest BCUT2D eigenvalue weighted by atomic mass is 10.1. The molecule has 0 aliphatic heterocycles. The second-order valence-corrected chi connectivity index (χ2v) is 7.11. The number of nitrogens with two attached hydrogens (primary N) is 1. The van der Waals surface area contributed by atoms with Gasteiger partial charge in [-0.1, -0.05) is 18.2 Å². The molecule has 2 heterocycles. The summed E-state index contributed by atoms with van der Waals surface area (Å²) in [4.78, 5) is 29.9. The molecule has 3 aromatic rings. The Bertz CT molecular complexity index is 1130. The van der Waals surface area contributed by atoms with E-state index in [1.807, 2.05) is 6.07 Å². The standard InChI is InChI=1S/C19H17FN4O2S/c1-11-15-18(27-16(11)17(22)25)23-14(10-12-6-2-3-7-13(12)20)24(19(15)26)9-5-4-8-21/h2-3,6-7H,4-5,9-10H2,1H3,(H2,22,25). The number of carbonyl (C=O) groups is 1. The van der Waals surface area contributed by atoms with Crippen LogP contribution in [0.15, 0.2) is 29.1 Å². The van der Waals surface area contributed by atoms with Crippen molar-refractivity contribution < 1.29 is 9.18 Å². The van der Waals surface area contributed by atoms with Crippen LogP contribution < -0.4 is 11.3 Å². The maximum Gasteiger partial charge on any atom is 0.262 e.